The standard InChI is InChI=1S/C25H23F3N2O/c1-25-13-15-14-29-30(19-8-5-17(26)6-9-19)23(15)11-16(25)3-2-4-21(25)24(31)20-10-7-18(27)12-22(20)28/h5-12,14,21,24,31H,2-4,13H2,1H3/t21-,24+,25+/m1/s1. The van der Waals surface area contributed by atoms with Crippen LogP contribution in [0.5, 0.6) is 0 Å². The monoisotopic (exact) mass is 424 g/mol. The van der Waals surface area contributed by atoms with Crippen LogP contribution >= 0.6 is 0 Å². The highest BCUT2D eigenvalue weighted by Gasteiger charge is 2.47. The molecule has 2 aliphatic carbocycles. The van der Waals surface area contributed by atoms with Gasteiger partial charge in [0.05, 0.1) is 23.7 Å². The van der Waals surface area contributed by atoms with Crippen molar-refractivity contribution in [2.24, 2.45) is 11.3 Å². The predicted octanol–water partition coefficient (Wildman–Crippen LogP) is 5.77. The molecule has 1 N–H and O–H groups in total. The highest BCUT2D eigenvalue weighted by atomic mass is 19.1. The summed E-state index contributed by atoms with van der Waals surface area (Å²) >= 11 is 0. The van der Waals surface area contributed by atoms with Crippen LogP contribution < -0.4 is 0 Å². The Balaban J connectivity index is 1.52. The largest absolute Gasteiger partial charge is 0.388 e. The molecule has 0 radical (unpaired) electrons. The molecule has 6 heteroatoms. The van der Waals surface area contributed by atoms with Gasteiger partial charge in [-0.25, -0.2) is 17.9 Å². The van der Waals surface area contributed by atoms with Crippen LogP contribution in [0.1, 0.15) is 49.1 Å². The number of aliphatic hydroxyl groups is 1. The number of hydrogen-bond donors (Lipinski definition) is 1. The third-order valence-electron chi connectivity index (χ3n) is 7.00. The first-order valence-electron chi connectivity index (χ1n) is 10.5. The number of rotatable bonds is 3. The summed E-state index contributed by atoms with van der Waals surface area (Å²) in [4.78, 5) is 0. The number of aliphatic hydroxyl groups excluding tert-OH is 1. The fraction of sp³-hybridized carbons (Fsp3) is 0.320. The number of benzene rings is 2. The van der Waals surface area contributed by atoms with Crippen molar-refractivity contribution in [1.29, 1.82) is 0 Å². The Morgan fingerprint density at radius 3 is 2.58 bits per heavy atom. The summed E-state index contributed by atoms with van der Waals surface area (Å²) in [6.45, 7) is 2.12. The molecular weight excluding hydrogens is 401 g/mol. The normalized spacial score (nSPS) is 23.6. The Morgan fingerprint density at radius 1 is 1.10 bits per heavy atom. The van der Waals surface area contributed by atoms with Crippen LogP contribution in [0.3, 0.4) is 0 Å². The van der Waals surface area contributed by atoms with Crippen molar-refractivity contribution in [3.63, 3.8) is 0 Å². The van der Waals surface area contributed by atoms with Gasteiger partial charge in [-0.1, -0.05) is 18.6 Å². The summed E-state index contributed by atoms with van der Waals surface area (Å²) < 4.78 is 42.9. The van der Waals surface area contributed by atoms with E-state index in [2.05, 4.69) is 18.1 Å². The Hall–Kier alpha value is -2.86. The van der Waals surface area contributed by atoms with E-state index in [9.17, 15) is 18.3 Å². The van der Waals surface area contributed by atoms with E-state index >= 15 is 0 Å². The molecule has 160 valence electrons. The van der Waals surface area contributed by atoms with E-state index in [1.165, 1.54) is 29.8 Å². The highest BCUT2D eigenvalue weighted by Crippen LogP contribution is 2.55. The summed E-state index contributed by atoms with van der Waals surface area (Å²) in [6.07, 6.45) is 6.10. The van der Waals surface area contributed by atoms with Gasteiger partial charge in [0.25, 0.3) is 0 Å². The summed E-state index contributed by atoms with van der Waals surface area (Å²) in [6, 6.07) is 9.57. The van der Waals surface area contributed by atoms with Gasteiger partial charge in [0.1, 0.15) is 17.5 Å². The highest BCUT2D eigenvalue weighted by molar-refractivity contribution is 5.61. The fourth-order valence-corrected chi connectivity index (χ4v) is 5.33. The topological polar surface area (TPSA) is 38.0 Å². The van der Waals surface area contributed by atoms with Gasteiger partial charge in [-0.3, -0.25) is 0 Å². The maximum atomic E-state index is 14.4. The molecule has 1 saturated carbocycles. The molecule has 0 saturated heterocycles. The molecule has 2 aromatic carbocycles. The minimum absolute atomic E-state index is 0.140. The van der Waals surface area contributed by atoms with Gasteiger partial charge in [0, 0.05) is 11.6 Å². The number of aromatic nitrogens is 2. The molecule has 0 aliphatic heterocycles. The number of hydrogen-bond acceptors (Lipinski definition) is 2. The number of nitrogens with zero attached hydrogens (tertiary/aromatic N) is 2. The number of halogens is 3. The van der Waals surface area contributed by atoms with E-state index in [0.717, 1.165) is 42.3 Å². The van der Waals surface area contributed by atoms with Crippen molar-refractivity contribution in [1.82, 2.24) is 9.78 Å². The lowest BCUT2D eigenvalue weighted by Gasteiger charge is -2.47. The lowest BCUT2D eigenvalue weighted by molar-refractivity contribution is 0.0195. The van der Waals surface area contributed by atoms with Gasteiger partial charge in [0.2, 0.25) is 0 Å². The molecule has 0 amide bonds. The van der Waals surface area contributed by atoms with Crippen molar-refractivity contribution < 1.29 is 18.3 Å². The molecule has 1 fully saturated rings. The molecule has 1 aromatic heterocycles. The van der Waals surface area contributed by atoms with E-state index in [0.29, 0.717) is 6.42 Å². The van der Waals surface area contributed by atoms with Gasteiger partial charge >= 0.3 is 0 Å². The second kappa shape index (κ2) is 7.38. The smallest absolute Gasteiger partial charge is 0.131 e. The Labute approximate surface area is 178 Å². The zero-order valence-electron chi connectivity index (χ0n) is 17.2. The Kier molecular flexibility index (Phi) is 4.77. The SMILES string of the molecule is C[C@]12Cc3cnn(-c4ccc(F)cc4)c3C=C1CCC[C@@H]2[C@@H](O)c1ccc(F)cc1F. The zero-order chi connectivity index (χ0) is 21.8. The van der Waals surface area contributed by atoms with Crippen LogP contribution in [0.15, 0.2) is 54.2 Å². The van der Waals surface area contributed by atoms with Crippen LogP contribution in [0.25, 0.3) is 11.8 Å². The lowest BCUT2D eigenvalue weighted by Crippen LogP contribution is -2.40. The third kappa shape index (κ3) is 3.30. The zero-order valence-corrected chi connectivity index (χ0v) is 17.2. The van der Waals surface area contributed by atoms with Gasteiger partial charge in [-0.05, 0) is 79.0 Å². The lowest BCUT2D eigenvalue weighted by atomic mass is 9.57. The van der Waals surface area contributed by atoms with Gasteiger partial charge in [0.15, 0.2) is 0 Å². The average molecular weight is 424 g/mol. The minimum atomic E-state index is -1.03. The van der Waals surface area contributed by atoms with Gasteiger partial charge in [-0.15, -0.1) is 0 Å². The first kappa shape index (κ1) is 20.1. The van der Waals surface area contributed by atoms with E-state index in [1.54, 1.807) is 16.8 Å². The minimum Gasteiger partial charge on any atom is -0.388 e. The van der Waals surface area contributed by atoms with Crippen LogP contribution in [0.4, 0.5) is 13.2 Å². The molecule has 2 aliphatic rings. The molecule has 0 bridgehead atoms. The summed E-state index contributed by atoms with van der Waals surface area (Å²) in [5.74, 6) is -1.87. The Bertz CT molecular complexity index is 1170. The molecule has 31 heavy (non-hydrogen) atoms. The first-order valence-corrected chi connectivity index (χ1v) is 10.5. The van der Waals surface area contributed by atoms with Gasteiger partial charge < -0.3 is 5.11 Å². The van der Waals surface area contributed by atoms with Gasteiger partial charge in [-0.2, -0.15) is 5.10 Å². The van der Waals surface area contributed by atoms with Crippen molar-refractivity contribution in [3.8, 4) is 5.69 Å². The van der Waals surface area contributed by atoms with Crippen LogP contribution in [0.2, 0.25) is 0 Å². The molecular formula is C25H23F3N2O. The van der Waals surface area contributed by atoms with Crippen molar-refractivity contribution in [2.45, 2.75) is 38.7 Å². The maximum absolute atomic E-state index is 14.4. The van der Waals surface area contributed by atoms with Crippen LogP contribution in [0, 0.1) is 28.8 Å². The van der Waals surface area contributed by atoms with E-state index in [4.69, 9.17) is 0 Å². The summed E-state index contributed by atoms with van der Waals surface area (Å²) in [5.41, 5.74) is 3.76. The van der Waals surface area contributed by atoms with Crippen LogP contribution in [-0.2, 0) is 6.42 Å². The third-order valence-corrected chi connectivity index (χ3v) is 7.00. The molecule has 3 atom stereocenters. The maximum Gasteiger partial charge on any atom is 0.131 e. The quantitative estimate of drug-likeness (QED) is 0.580. The first-order chi connectivity index (χ1) is 14.9. The molecule has 5 rings (SSSR count). The summed E-state index contributed by atoms with van der Waals surface area (Å²) in [7, 11) is 0. The predicted molar refractivity (Wildman–Crippen MR) is 112 cm³/mol. The average Bonchev–Trinajstić information content (AvgIpc) is 3.13. The molecule has 0 unspecified atom stereocenters. The van der Waals surface area contributed by atoms with E-state index in [-0.39, 0.29) is 22.7 Å². The second-order valence-electron chi connectivity index (χ2n) is 8.82. The van der Waals surface area contributed by atoms with Crippen molar-refractivity contribution >= 4 is 6.08 Å². The fourth-order valence-electron chi connectivity index (χ4n) is 5.33. The summed E-state index contributed by atoms with van der Waals surface area (Å²) in [5, 5.41) is 15.7. The van der Waals surface area contributed by atoms with Crippen molar-refractivity contribution in [2.75, 3.05) is 0 Å². The molecule has 3 nitrogen and oxygen atoms in total. The molecule has 1 heterocycles. The van der Waals surface area contributed by atoms with Crippen molar-refractivity contribution in [3.05, 3.63) is 88.5 Å². The molecule has 0 spiro atoms. The number of allylic oxidation sites excluding steroid dienone is 1. The molecule has 3 aromatic rings. The van der Waals surface area contributed by atoms with E-state index in [1.807, 2.05) is 6.20 Å². The number of fused-ring (bicyclic) bond motifs is 2. The van der Waals surface area contributed by atoms with E-state index < -0.39 is 17.7 Å². The Morgan fingerprint density at radius 2 is 1.84 bits per heavy atom. The van der Waals surface area contributed by atoms with Crippen LogP contribution in [-0.4, -0.2) is 14.9 Å². The second-order valence-corrected chi connectivity index (χ2v) is 8.82.